The topological polar surface area (TPSA) is 27.0 Å². The minimum atomic E-state index is 0.367. The van der Waals surface area contributed by atoms with Gasteiger partial charge in [-0.1, -0.05) is 20.3 Å². The summed E-state index contributed by atoms with van der Waals surface area (Å²) in [4.78, 5) is 2.60. The van der Waals surface area contributed by atoms with Gasteiger partial charge in [0, 0.05) is 19.0 Å². The Hall–Kier alpha value is -0.550. The van der Waals surface area contributed by atoms with Gasteiger partial charge in [0.2, 0.25) is 0 Å². The van der Waals surface area contributed by atoms with Gasteiger partial charge in [0.05, 0.1) is 6.07 Å². The van der Waals surface area contributed by atoms with Gasteiger partial charge in [-0.2, -0.15) is 5.26 Å². The van der Waals surface area contributed by atoms with Crippen molar-refractivity contribution in [2.75, 3.05) is 13.1 Å². The lowest BCUT2D eigenvalue weighted by atomic mass is 10.0. The highest BCUT2D eigenvalue weighted by Gasteiger charge is 2.43. The molecule has 0 aromatic heterocycles. The van der Waals surface area contributed by atoms with Crippen LogP contribution < -0.4 is 0 Å². The van der Waals surface area contributed by atoms with Gasteiger partial charge < -0.3 is 4.90 Å². The summed E-state index contributed by atoms with van der Waals surface area (Å²) in [5, 5.41) is 8.86. The van der Waals surface area contributed by atoms with Crippen molar-refractivity contribution in [3.05, 3.63) is 0 Å². The van der Waals surface area contributed by atoms with Crippen LogP contribution in [-0.4, -0.2) is 24.0 Å². The van der Waals surface area contributed by atoms with E-state index in [4.69, 9.17) is 5.26 Å². The Morgan fingerprint density at radius 3 is 2.50 bits per heavy atom. The van der Waals surface area contributed by atoms with Crippen molar-refractivity contribution in [2.45, 2.75) is 65.3 Å². The molecule has 1 fully saturated rings. The van der Waals surface area contributed by atoms with E-state index in [2.05, 4.69) is 31.7 Å². The molecule has 0 amide bonds. The first-order valence-electron chi connectivity index (χ1n) is 6.78. The van der Waals surface area contributed by atoms with Gasteiger partial charge in [-0.25, -0.2) is 0 Å². The van der Waals surface area contributed by atoms with Crippen molar-refractivity contribution in [3.8, 4) is 6.07 Å². The van der Waals surface area contributed by atoms with Crippen molar-refractivity contribution in [2.24, 2.45) is 5.41 Å². The summed E-state index contributed by atoms with van der Waals surface area (Å²) in [5.74, 6) is 0. The fourth-order valence-electron chi connectivity index (χ4n) is 2.24. The van der Waals surface area contributed by atoms with Gasteiger partial charge in [-0.3, -0.25) is 0 Å². The van der Waals surface area contributed by atoms with Crippen molar-refractivity contribution in [3.63, 3.8) is 0 Å². The molecule has 2 heteroatoms. The van der Waals surface area contributed by atoms with Crippen molar-refractivity contribution >= 4 is 0 Å². The molecule has 0 aromatic rings. The van der Waals surface area contributed by atoms with E-state index in [1.165, 1.54) is 38.6 Å². The van der Waals surface area contributed by atoms with Crippen LogP contribution in [0.3, 0.4) is 0 Å². The number of rotatable bonds is 8. The zero-order chi connectivity index (χ0) is 12.0. The van der Waals surface area contributed by atoms with Gasteiger partial charge in [0.1, 0.15) is 0 Å². The van der Waals surface area contributed by atoms with Crippen LogP contribution in [-0.2, 0) is 0 Å². The number of unbranched alkanes of at least 4 members (excludes halogenated alkanes) is 1. The van der Waals surface area contributed by atoms with Crippen LogP contribution in [0.5, 0.6) is 0 Å². The Morgan fingerprint density at radius 1 is 1.38 bits per heavy atom. The van der Waals surface area contributed by atoms with E-state index in [0.29, 0.717) is 11.5 Å². The molecule has 0 saturated heterocycles. The molecule has 0 radical (unpaired) electrons. The summed E-state index contributed by atoms with van der Waals surface area (Å²) in [6, 6.07) is 3.03. The fraction of sp³-hybridized carbons (Fsp3) is 0.929. The number of nitrogens with zero attached hydrogens (tertiary/aromatic N) is 2. The van der Waals surface area contributed by atoms with Gasteiger partial charge in [-0.05, 0) is 44.6 Å². The molecule has 1 aliphatic carbocycles. The molecule has 1 atom stereocenters. The van der Waals surface area contributed by atoms with E-state index in [-0.39, 0.29) is 0 Å². The molecule has 1 unspecified atom stereocenters. The fourth-order valence-corrected chi connectivity index (χ4v) is 2.24. The number of hydrogen-bond donors (Lipinski definition) is 0. The molecule has 2 nitrogen and oxygen atoms in total. The molecule has 92 valence electrons. The normalized spacial score (nSPS) is 19.4. The Morgan fingerprint density at radius 2 is 2.06 bits per heavy atom. The predicted octanol–water partition coefficient (Wildman–Crippen LogP) is 3.58. The van der Waals surface area contributed by atoms with E-state index in [0.717, 1.165) is 13.0 Å². The first-order chi connectivity index (χ1) is 7.67. The third-order valence-electron chi connectivity index (χ3n) is 3.96. The summed E-state index contributed by atoms with van der Waals surface area (Å²) in [5.41, 5.74) is 0.367. The van der Waals surface area contributed by atoms with Crippen LogP contribution >= 0.6 is 0 Å². The smallest absolute Gasteiger partial charge is 0.0628 e. The molecule has 0 N–H and O–H groups in total. The van der Waals surface area contributed by atoms with Crippen LogP contribution in [0.15, 0.2) is 0 Å². The van der Waals surface area contributed by atoms with Gasteiger partial charge >= 0.3 is 0 Å². The minimum Gasteiger partial charge on any atom is -0.300 e. The maximum Gasteiger partial charge on any atom is 0.0628 e. The lowest BCUT2D eigenvalue weighted by molar-refractivity contribution is 0.162. The van der Waals surface area contributed by atoms with Crippen LogP contribution in [0.2, 0.25) is 0 Å². The summed E-state index contributed by atoms with van der Waals surface area (Å²) >= 11 is 0. The minimum absolute atomic E-state index is 0.367. The van der Waals surface area contributed by atoms with E-state index in [1.54, 1.807) is 0 Å². The first kappa shape index (κ1) is 13.5. The summed E-state index contributed by atoms with van der Waals surface area (Å²) in [6.07, 6.45) is 7.04. The highest BCUT2D eigenvalue weighted by molar-refractivity contribution is 5.01. The second-order valence-electron chi connectivity index (χ2n) is 5.42. The number of nitriles is 1. The molecule has 1 aliphatic rings. The molecular weight excluding hydrogens is 196 g/mol. The highest BCUT2D eigenvalue weighted by Crippen LogP contribution is 2.49. The van der Waals surface area contributed by atoms with Crippen molar-refractivity contribution < 1.29 is 0 Å². The number of hydrogen-bond acceptors (Lipinski definition) is 2. The van der Waals surface area contributed by atoms with Crippen molar-refractivity contribution in [1.29, 1.82) is 5.26 Å². The second-order valence-corrected chi connectivity index (χ2v) is 5.42. The van der Waals surface area contributed by atoms with Gasteiger partial charge in [0.25, 0.3) is 0 Å². The Labute approximate surface area is 101 Å². The van der Waals surface area contributed by atoms with Crippen LogP contribution in [0, 0.1) is 16.7 Å². The molecule has 1 saturated carbocycles. The lowest BCUT2D eigenvalue weighted by Crippen LogP contribution is -2.38. The maximum atomic E-state index is 8.86. The van der Waals surface area contributed by atoms with Crippen LogP contribution in [0.1, 0.15) is 59.3 Å². The maximum absolute atomic E-state index is 8.86. The molecule has 16 heavy (non-hydrogen) atoms. The quantitative estimate of drug-likeness (QED) is 0.627. The average Bonchev–Trinajstić information content (AvgIpc) is 3.04. The summed E-state index contributed by atoms with van der Waals surface area (Å²) < 4.78 is 0. The standard InChI is InChI=1S/C14H26N2/c1-4-6-11-16(13(3)5-2)12-14(7-8-14)9-10-15/h13H,4-9,11-12H2,1-3H3. The highest BCUT2D eigenvalue weighted by atomic mass is 15.2. The molecule has 0 bridgehead atoms. The predicted molar refractivity (Wildman–Crippen MR) is 68.1 cm³/mol. The van der Waals surface area contributed by atoms with Crippen LogP contribution in [0.25, 0.3) is 0 Å². The Bertz CT molecular complexity index is 238. The van der Waals surface area contributed by atoms with E-state index < -0.39 is 0 Å². The third-order valence-corrected chi connectivity index (χ3v) is 3.96. The van der Waals surface area contributed by atoms with E-state index in [1.807, 2.05) is 0 Å². The average molecular weight is 222 g/mol. The summed E-state index contributed by atoms with van der Waals surface area (Å²) in [6.45, 7) is 9.18. The molecule has 0 aromatic carbocycles. The van der Waals surface area contributed by atoms with E-state index >= 15 is 0 Å². The van der Waals surface area contributed by atoms with Crippen LogP contribution in [0.4, 0.5) is 0 Å². The van der Waals surface area contributed by atoms with Crippen molar-refractivity contribution in [1.82, 2.24) is 4.90 Å². The Balaban J connectivity index is 2.46. The summed E-state index contributed by atoms with van der Waals surface area (Å²) in [7, 11) is 0. The zero-order valence-electron chi connectivity index (χ0n) is 11.1. The lowest BCUT2D eigenvalue weighted by Gasteiger charge is -2.31. The van der Waals surface area contributed by atoms with Gasteiger partial charge in [-0.15, -0.1) is 0 Å². The van der Waals surface area contributed by atoms with Gasteiger partial charge in [0.15, 0.2) is 0 Å². The molecule has 0 spiro atoms. The SMILES string of the molecule is CCCCN(CC1(CC#N)CC1)C(C)CC. The zero-order valence-corrected chi connectivity index (χ0v) is 11.1. The third kappa shape index (κ3) is 3.79. The molecule has 1 rings (SSSR count). The molecule has 0 heterocycles. The first-order valence-corrected chi connectivity index (χ1v) is 6.78. The Kier molecular flexibility index (Phi) is 5.28. The molecular formula is C14H26N2. The monoisotopic (exact) mass is 222 g/mol. The largest absolute Gasteiger partial charge is 0.300 e. The van der Waals surface area contributed by atoms with E-state index in [9.17, 15) is 0 Å². The second kappa shape index (κ2) is 6.25. The molecule has 0 aliphatic heterocycles.